The molecule has 0 aromatic heterocycles. The summed E-state index contributed by atoms with van der Waals surface area (Å²) in [4.78, 5) is -0.689. The van der Waals surface area contributed by atoms with Crippen LogP contribution in [0, 0.1) is 11.6 Å². The molecule has 0 saturated heterocycles. The highest BCUT2D eigenvalue weighted by Crippen LogP contribution is 2.32. The third-order valence-corrected chi connectivity index (χ3v) is 5.61. The molecule has 1 aliphatic rings. The number of nitrogens with zero attached hydrogens (tertiary/aromatic N) is 1. The second-order valence-corrected chi connectivity index (χ2v) is 7.51. The van der Waals surface area contributed by atoms with Crippen LogP contribution < -0.4 is 5.73 Å². The van der Waals surface area contributed by atoms with E-state index in [0.29, 0.717) is 18.9 Å². The van der Waals surface area contributed by atoms with Crippen LogP contribution in [0.5, 0.6) is 0 Å². The highest BCUT2D eigenvalue weighted by atomic mass is 32.2. The summed E-state index contributed by atoms with van der Waals surface area (Å²) in [5.74, 6) is -2.21. The molecule has 1 saturated carbocycles. The number of anilines is 1. The quantitative estimate of drug-likeness (QED) is 0.823. The van der Waals surface area contributed by atoms with Crippen LogP contribution >= 0.6 is 0 Å². The third kappa shape index (κ3) is 3.17. The summed E-state index contributed by atoms with van der Waals surface area (Å²) in [6.07, 6.45) is 2.65. The van der Waals surface area contributed by atoms with Crippen LogP contribution in [-0.2, 0) is 10.0 Å². The Morgan fingerprint density at radius 1 is 1.29 bits per heavy atom. The van der Waals surface area contributed by atoms with Crippen molar-refractivity contribution in [3.63, 3.8) is 0 Å². The van der Waals surface area contributed by atoms with Crippen LogP contribution in [0.1, 0.15) is 25.7 Å². The molecule has 8 heteroatoms. The Hall–Kier alpha value is -1.25. The van der Waals surface area contributed by atoms with Crippen LogP contribution in [0.25, 0.3) is 0 Å². The lowest BCUT2D eigenvalue weighted by Crippen LogP contribution is -2.42. The van der Waals surface area contributed by atoms with Crippen molar-refractivity contribution in [3.8, 4) is 0 Å². The Morgan fingerprint density at radius 3 is 2.43 bits per heavy atom. The molecule has 1 aromatic carbocycles. The monoisotopic (exact) mass is 320 g/mol. The summed E-state index contributed by atoms with van der Waals surface area (Å²) < 4.78 is 52.4. The first-order valence-corrected chi connectivity index (χ1v) is 8.03. The first kappa shape index (κ1) is 16.1. The number of hydrogen-bond acceptors (Lipinski definition) is 4. The lowest BCUT2D eigenvalue weighted by atomic mass is 10.0. The zero-order valence-corrected chi connectivity index (χ0v) is 12.5. The van der Waals surface area contributed by atoms with Gasteiger partial charge in [-0.15, -0.1) is 0 Å². The fourth-order valence-corrected chi connectivity index (χ4v) is 3.93. The van der Waals surface area contributed by atoms with Crippen LogP contribution in [0.3, 0.4) is 0 Å². The van der Waals surface area contributed by atoms with E-state index in [1.165, 1.54) is 7.05 Å². The van der Waals surface area contributed by atoms with Crippen molar-refractivity contribution in [2.24, 2.45) is 0 Å². The van der Waals surface area contributed by atoms with Gasteiger partial charge in [-0.3, -0.25) is 0 Å². The van der Waals surface area contributed by atoms with Gasteiger partial charge in [-0.05, 0) is 18.9 Å². The molecule has 0 aliphatic heterocycles. The molecular weight excluding hydrogens is 302 g/mol. The molecule has 1 fully saturated rings. The standard InChI is InChI=1S/C13H18F2N2O3S/c1-17(8-13(18)4-2-3-5-13)21(19,20)12-7-11(16)9(14)6-10(12)15/h6-7,18H,2-5,8,16H2,1H3. The van der Waals surface area contributed by atoms with Gasteiger partial charge >= 0.3 is 0 Å². The number of sulfonamides is 1. The highest BCUT2D eigenvalue weighted by Gasteiger charge is 2.36. The van der Waals surface area contributed by atoms with E-state index < -0.39 is 37.8 Å². The second kappa shape index (κ2) is 5.51. The van der Waals surface area contributed by atoms with Gasteiger partial charge in [0.05, 0.1) is 11.3 Å². The van der Waals surface area contributed by atoms with Gasteiger partial charge < -0.3 is 10.8 Å². The summed E-state index contributed by atoms with van der Waals surface area (Å²) in [6.45, 7) is -0.133. The minimum Gasteiger partial charge on any atom is -0.396 e. The molecule has 0 radical (unpaired) electrons. The molecule has 5 nitrogen and oxygen atoms in total. The summed E-state index contributed by atoms with van der Waals surface area (Å²) in [6, 6.07) is 1.20. The van der Waals surface area contributed by atoms with Crippen molar-refractivity contribution < 1.29 is 22.3 Å². The molecule has 0 atom stereocenters. The number of nitrogens with two attached hydrogens (primary N) is 1. The Labute approximate surface area is 122 Å². The van der Waals surface area contributed by atoms with Gasteiger partial charge in [0.15, 0.2) is 0 Å². The van der Waals surface area contributed by atoms with Crippen molar-refractivity contribution in [3.05, 3.63) is 23.8 Å². The summed E-state index contributed by atoms with van der Waals surface area (Å²) >= 11 is 0. The third-order valence-electron chi connectivity index (χ3n) is 3.79. The molecular formula is C13H18F2N2O3S. The molecule has 21 heavy (non-hydrogen) atoms. The van der Waals surface area contributed by atoms with E-state index >= 15 is 0 Å². The van der Waals surface area contributed by atoms with E-state index in [-0.39, 0.29) is 6.54 Å². The van der Waals surface area contributed by atoms with Crippen molar-refractivity contribution in [1.29, 1.82) is 0 Å². The Morgan fingerprint density at radius 2 is 1.86 bits per heavy atom. The van der Waals surface area contributed by atoms with Crippen molar-refractivity contribution in [1.82, 2.24) is 4.31 Å². The first-order chi connectivity index (χ1) is 9.66. The summed E-state index contributed by atoms with van der Waals surface area (Å²) in [7, 11) is -2.93. The van der Waals surface area contributed by atoms with Gasteiger partial charge in [-0.25, -0.2) is 17.2 Å². The molecule has 0 bridgehead atoms. The first-order valence-electron chi connectivity index (χ1n) is 6.59. The molecule has 3 N–H and O–H groups in total. The molecule has 0 unspecified atom stereocenters. The molecule has 0 heterocycles. The number of benzene rings is 1. The highest BCUT2D eigenvalue weighted by molar-refractivity contribution is 7.89. The maximum Gasteiger partial charge on any atom is 0.245 e. The van der Waals surface area contributed by atoms with E-state index in [0.717, 1.165) is 23.2 Å². The molecule has 118 valence electrons. The number of aliphatic hydroxyl groups is 1. The Balaban J connectivity index is 2.31. The van der Waals surface area contributed by atoms with Gasteiger partial charge in [0.25, 0.3) is 0 Å². The van der Waals surface area contributed by atoms with E-state index in [4.69, 9.17) is 5.73 Å². The minimum atomic E-state index is -4.18. The average molecular weight is 320 g/mol. The van der Waals surface area contributed by atoms with Gasteiger partial charge in [0.2, 0.25) is 10.0 Å². The number of halogens is 2. The SMILES string of the molecule is CN(CC1(O)CCCC1)S(=O)(=O)c1cc(N)c(F)cc1F. The zero-order chi connectivity index (χ0) is 15.8. The van der Waals surface area contributed by atoms with Crippen LogP contribution in [-0.4, -0.2) is 37.0 Å². The predicted molar refractivity (Wildman–Crippen MR) is 74.0 cm³/mol. The molecule has 2 rings (SSSR count). The minimum absolute atomic E-state index is 0.133. The zero-order valence-electron chi connectivity index (χ0n) is 11.6. The predicted octanol–water partition coefficient (Wildman–Crippen LogP) is 1.47. The Bertz CT molecular complexity index is 643. The van der Waals surface area contributed by atoms with Crippen molar-refractivity contribution in [2.75, 3.05) is 19.3 Å². The maximum absolute atomic E-state index is 13.7. The van der Waals surface area contributed by atoms with Gasteiger partial charge in [0, 0.05) is 19.7 Å². The van der Waals surface area contributed by atoms with Gasteiger partial charge in [-0.1, -0.05) is 12.8 Å². The van der Waals surface area contributed by atoms with Crippen molar-refractivity contribution in [2.45, 2.75) is 36.2 Å². The summed E-state index contributed by atoms with van der Waals surface area (Å²) in [5.41, 5.74) is 3.77. The summed E-state index contributed by atoms with van der Waals surface area (Å²) in [5, 5.41) is 10.3. The molecule has 0 amide bonds. The molecule has 1 aliphatic carbocycles. The van der Waals surface area contributed by atoms with E-state index in [1.807, 2.05) is 0 Å². The lowest BCUT2D eigenvalue weighted by molar-refractivity contribution is 0.0333. The number of rotatable bonds is 4. The number of nitrogen functional groups attached to an aromatic ring is 1. The van der Waals surface area contributed by atoms with Gasteiger partial charge in [-0.2, -0.15) is 4.31 Å². The van der Waals surface area contributed by atoms with Crippen LogP contribution in [0.4, 0.5) is 14.5 Å². The fourth-order valence-electron chi connectivity index (χ4n) is 2.60. The average Bonchev–Trinajstić information content (AvgIpc) is 2.80. The smallest absolute Gasteiger partial charge is 0.245 e. The van der Waals surface area contributed by atoms with Gasteiger partial charge in [0.1, 0.15) is 16.5 Å². The normalized spacial score (nSPS) is 18.3. The molecule has 0 spiro atoms. The maximum atomic E-state index is 13.7. The van der Waals surface area contributed by atoms with Crippen molar-refractivity contribution >= 4 is 15.7 Å². The van der Waals surface area contributed by atoms with E-state index in [9.17, 15) is 22.3 Å². The van der Waals surface area contributed by atoms with E-state index in [2.05, 4.69) is 0 Å². The largest absolute Gasteiger partial charge is 0.396 e. The lowest BCUT2D eigenvalue weighted by Gasteiger charge is -2.28. The topological polar surface area (TPSA) is 83.6 Å². The van der Waals surface area contributed by atoms with E-state index in [1.54, 1.807) is 0 Å². The molecule has 1 aromatic rings. The fraction of sp³-hybridized carbons (Fsp3) is 0.538. The van der Waals surface area contributed by atoms with Crippen LogP contribution in [0.15, 0.2) is 17.0 Å². The number of likely N-dealkylation sites (N-methyl/N-ethyl adjacent to an activating group) is 1. The second-order valence-electron chi connectivity index (χ2n) is 5.50. The van der Waals surface area contributed by atoms with Crippen LogP contribution in [0.2, 0.25) is 0 Å². The number of hydrogen-bond donors (Lipinski definition) is 2. The Kier molecular flexibility index (Phi) is 4.23.